The van der Waals surface area contributed by atoms with Gasteiger partial charge in [0.05, 0.1) is 11.9 Å². The van der Waals surface area contributed by atoms with Crippen molar-refractivity contribution in [3.05, 3.63) is 30.6 Å². The van der Waals surface area contributed by atoms with E-state index in [-0.39, 0.29) is 18.5 Å². The molecule has 0 aliphatic carbocycles. The molecule has 1 N–H and O–H groups in total. The van der Waals surface area contributed by atoms with E-state index < -0.39 is 0 Å². The number of pyridine rings is 1. The molecule has 2 aromatic heterocycles. The number of aromatic nitrogens is 4. The summed E-state index contributed by atoms with van der Waals surface area (Å²) in [5.74, 6) is -0.0213. The zero-order chi connectivity index (χ0) is 15.4. The van der Waals surface area contributed by atoms with Crippen molar-refractivity contribution in [3.63, 3.8) is 0 Å². The Hall–Kier alpha value is -2.28. The van der Waals surface area contributed by atoms with Crippen LogP contribution in [0.5, 0.6) is 0 Å². The Kier molecular flexibility index (Phi) is 4.43. The third-order valence-electron chi connectivity index (χ3n) is 3.86. The average molecular weight is 300 g/mol. The van der Waals surface area contributed by atoms with E-state index >= 15 is 0 Å². The van der Waals surface area contributed by atoms with Crippen LogP contribution in [0.3, 0.4) is 0 Å². The highest BCUT2D eigenvalue weighted by Crippen LogP contribution is 2.12. The Morgan fingerprint density at radius 2 is 2.14 bits per heavy atom. The van der Waals surface area contributed by atoms with Crippen LogP contribution in [0.15, 0.2) is 30.6 Å². The molecule has 0 radical (unpaired) electrons. The van der Waals surface area contributed by atoms with E-state index in [1.54, 1.807) is 17.1 Å². The summed E-state index contributed by atoms with van der Waals surface area (Å²) >= 11 is 0. The molecule has 0 spiro atoms. The van der Waals surface area contributed by atoms with Crippen LogP contribution >= 0.6 is 0 Å². The number of carbonyl (C=O) groups excluding carboxylic acids is 1. The monoisotopic (exact) mass is 300 g/mol. The first-order chi connectivity index (χ1) is 10.7. The first-order valence-electron chi connectivity index (χ1n) is 7.50. The van der Waals surface area contributed by atoms with E-state index in [4.69, 9.17) is 0 Å². The number of nitrogens with one attached hydrogen (secondary N) is 1. The fourth-order valence-electron chi connectivity index (χ4n) is 2.58. The highest BCUT2D eigenvalue weighted by atomic mass is 16.2. The van der Waals surface area contributed by atoms with E-state index in [1.165, 1.54) is 0 Å². The molecule has 2 aromatic rings. The van der Waals surface area contributed by atoms with E-state index in [0.29, 0.717) is 5.69 Å². The Bertz CT molecular complexity index is 618. The maximum atomic E-state index is 12.1. The van der Waals surface area contributed by atoms with Gasteiger partial charge in [-0.15, -0.1) is 5.10 Å². The summed E-state index contributed by atoms with van der Waals surface area (Å²) in [6.07, 6.45) is 5.45. The van der Waals surface area contributed by atoms with Crippen molar-refractivity contribution in [1.29, 1.82) is 0 Å². The molecule has 116 valence electrons. The quantitative estimate of drug-likeness (QED) is 0.892. The molecule has 1 aliphatic heterocycles. The average Bonchev–Trinajstić information content (AvgIpc) is 2.99. The molecule has 1 fully saturated rings. The molecule has 0 bridgehead atoms. The van der Waals surface area contributed by atoms with Crippen molar-refractivity contribution in [2.24, 2.45) is 0 Å². The third-order valence-corrected chi connectivity index (χ3v) is 3.86. The predicted molar refractivity (Wildman–Crippen MR) is 81.9 cm³/mol. The van der Waals surface area contributed by atoms with Crippen LogP contribution in [0, 0.1) is 0 Å². The molecule has 0 saturated carbocycles. The molecule has 1 amide bonds. The van der Waals surface area contributed by atoms with Crippen LogP contribution in [-0.4, -0.2) is 57.0 Å². The maximum Gasteiger partial charge on any atom is 0.242 e. The molecule has 0 aromatic carbocycles. The van der Waals surface area contributed by atoms with E-state index in [2.05, 4.69) is 32.6 Å². The van der Waals surface area contributed by atoms with Crippen LogP contribution in [0.4, 0.5) is 0 Å². The first kappa shape index (κ1) is 14.6. The van der Waals surface area contributed by atoms with Crippen molar-refractivity contribution in [2.75, 3.05) is 20.1 Å². The molecule has 7 heteroatoms. The number of amides is 1. The number of piperidine rings is 1. The van der Waals surface area contributed by atoms with Crippen LogP contribution in [0.25, 0.3) is 11.4 Å². The highest BCUT2D eigenvalue weighted by molar-refractivity contribution is 5.76. The summed E-state index contributed by atoms with van der Waals surface area (Å²) < 4.78 is 1.55. The van der Waals surface area contributed by atoms with E-state index in [9.17, 15) is 4.79 Å². The molecule has 1 aliphatic rings. The minimum Gasteiger partial charge on any atom is -0.352 e. The Balaban J connectivity index is 1.55. The second-order valence-electron chi connectivity index (χ2n) is 5.66. The molecule has 3 rings (SSSR count). The predicted octanol–water partition coefficient (Wildman–Crippen LogP) is 0.550. The normalized spacial score (nSPS) is 16.6. The van der Waals surface area contributed by atoms with Crippen LogP contribution in [0.2, 0.25) is 0 Å². The van der Waals surface area contributed by atoms with Gasteiger partial charge >= 0.3 is 0 Å². The van der Waals surface area contributed by atoms with Gasteiger partial charge in [0.25, 0.3) is 0 Å². The lowest BCUT2D eigenvalue weighted by atomic mass is 10.1. The van der Waals surface area contributed by atoms with Gasteiger partial charge in [-0.2, -0.15) is 0 Å². The summed E-state index contributed by atoms with van der Waals surface area (Å²) in [7, 11) is 2.10. The van der Waals surface area contributed by atoms with Gasteiger partial charge in [-0.1, -0.05) is 11.3 Å². The third kappa shape index (κ3) is 3.67. The minimum absolute atomic E-state index is 0.0213. The number of likely N-dealkylation sites (tertiary alicyclic amines) is 1. The van der Waals surface area contributed by atoms with Crippen molar-refractivity contribution >= 4 is 5.91 Å². The van der Waals surface area contributed by atoms with Crippen molar-refractivity contribution in [2.45, 2.75) is 25.4 Å². The van der Waals surface area contributed by atoms with Gasteiger partial charge in [-0.3, -0.25) is 9.78 Å². The number of nitrogens with zero attached hydrogens (tertiary/aromatic N) is 5. The zero-order valence-electron chi connectivity index (χ0n) is 12.6. The minimum atomic E-state index is -0.0213. The summed E-state index contributed by atoms with van der Waals surface area (Å²) in [5, 5.41) is 11.1. The van der Waals surface area contributed by atoms with Gasteiger partial charge in [0.2, 0.25) is 5.91 Å². The van der Waals surface area contributed by atoms with Crippen LogP contribution in [0.1, 0.15) is 12.8 Å². The number of rotatable bonds is 4. The first-order valence-corrected chi connectivity index (χ1v) is 7.50. The van der Waals surface area contributed by atoms with Crippen molar-refractivity contribution < 1.29 is 4.79 Å². The van der Waals surface area contributed by atoms with Gasteiger partial charge in [0.1, 0.15) is 12.2 Å². The molecule has 0 atom stereocenters. The van der Waals surface area contributed by atoms with Crippen molar-refractivity contribution in [1.82, 2.24) is 30.2 Å². The standard InChI is InChI=1S/C15H20N6O/c1-20-8-5-12(6-9-20)17-15(22)11-21-10-14(18-19-21)13-4-2-3-7-16-13/h2-4,7,10,12H,5-6,8-9,11H2,1H3,(H,17,22). The maximum absolute atomic E-state index is 12.1. The lowest BCUT2D eigenvalue weighted by molar-refractivity contribution is -0.122. The molecule has 0 unspecified atom stereocenters. The van der Waals surface area contributed by atoms with E-state index in [0.717, 1.165) is 31.6 Å². The Labute approximate surface area is 129 Å². The molecule has 22 heavy (non-hydrogen) atoms. The molecule has 1 saturated heterocycles. The molecular formula is C15H20N6O. The largest absolute Gasteiger partial charge is 0.352 e. The lowest BCUT2D eigenvalue weighted by Gasteiger charge is -2.29. The van der Waals surface area contributed by atoms with Gasteiger partial charge in [0, 0.05) is 12.2 Å². The topological polar surface area (TPSA) is 75.9 Å². The van der Waals surface area contributed by atoms with Gasteiger partial charge in [-0.05, 0) is 45.1 Å². The smallest absolute Gasteiger partial charge is 0.242 e. The Morgan fingerprint density at radius 1 is 1.32 bits per heavy atom. The SMILES string of the molecule is CN1CCC(NC(=O)Cn2cc(-c3ccccn3)nn2)CC1. The second-order valence-corrected chi connectivity index (χ2v) is 5.66. The summed E-state index contributed by atoms with van der Waals surface area (Å²) in [4.78, 5) is 18.6. The Morgan fingerprint density at radius 3 is 2.86 bits per heavy atom. The molecule has 7 nitrogen and oxygen atoms in total. The van der Waals surface area contributed by atoms with Gasteiger partial charge in [0.15, 0.2) is 0 Å². The fourth-order valence-corrected chi connectivity index (χ4v) is 2.58. The van der Waals surface area contributed by atoms with Gasteiger partial charge < -0.3 is 10.2 Å². The molecular weight excluding hydrogens is 280 g/mol. The zero-order valence-corrected chi connectivity index (χ0v) is 12.6. The summed E-state index contributed by atoms with van der Waals surface area (Å²) in [5.41, 5.74) is 1.43. The summed E-state index contributed by atoms with van der Waals surface area (Å²) in [6, 6.07) is 5.88. The van der Waals surface area contributed by atoms with E-state index in [1.807, 2.05) is 18.2 Å². The second kappa shape index (κ2) is 6.65. The molecule has 3 heterocycles. The number of hydrogen-bond donors (Lipinski definition) is 1. The van der Waals surface area contributed by atoms with Crippen molar-refractivity contribution in [3.8, 4) is 11.4 Å². The van der Waals surface area contributed by atoms with Gasteiger partial charge in [-0.25, -0.2) is 4.68 Å². The lowest BCUT2D eigenvalue weighted by Crippen LogP contribution is -2.44. The summed E-state index contributed by atoms with van der Waals surface area (Å²) in [6.45, 7) is 2.24. The highest BCUT2D eigenvalue weighted by Gasteiger charge is 2.18. The fraction of sp³-hybridized carbons (Fsp3) is 0.467. The number of carbonyl (C=O) groups is 1. The van der Waals surface area contributed by atoms with Crippen LogP contribution in [-0.2, 0) is 11.3 Å². The number of hydrogen-bond acceptors (Lipinski definition) is 5. The van der Waals surface area contributed by atoms with Crippen LogP contribution < -0.4 is 5.32 Å².